The molecule has 2 aromatic heterocycles. The molecule has 0 saturated heterocycles. The summed E-state index contributed by atoms with van der Waals surface area (Å²) in [4.78, 5) is 9.37. The van der Waals surface area contributed by atoms with Gasteiger partial charge in [0.25, 0.3) is 0 Å². The van der Waals surface area contributed by atoms with Gasteiger partial charge in [-0.3, -0.25) is 9.97 Å². The van der Waals surface area contributed by atoms with Crippen molar-refractivity contribution in [1.82, 2.24) is 9.97 Å². The van der Waals surface area contributed by atoms with Gasteiger partial charge in [0.15, 0.2) is 0 Å². The maximum absolute atomic E-state index is 8.46. The molecule has 0 aliphatic heterocycles. The smallest absolute Gasteiger partial charge is 0.0707 e. The van der Waals surface area contributed by atoms with Crippen LogP contribution in [0.4, 0.5) is 0 Å². The lowest BCUT2D eigenvalue weighted by Gasteiger charge is -2.25. The summed E-state index contributed by atoms with van der Waals surface area (Å²) in [6.45, 7) is 1.12. The topological polar surface area (TPSA) is 25.8 Å². The van der Waals surface area contributed by atoms with Gasteiger partial charge in [0, 0.05) is 34.4 Å². The average Bonchev–Trinajstić information content (AvgIpc) is 3.32. The van der Waals surface area contributed by atoms with Crippen LogP contribution >= 0.6 is 0 Å². The quantitative estimate of drug-likeness (QED) is 0.528. The van der Waals surface area contributed by atoms with Crippen molar-refractivity contribution in [3.05, 3.63) is 71.2 Å². The fourth-order valence-corrected chi connectivity index (χ4v) is 5.03. The second-order valence-electron chi connectivity index (χ2n) is 7.96. The Morgan fingerprint density at radius 3 is 2.70 bits per heavy atom. The van der Waals surface area contributed by atoms with Crippen LogP contribution < -0.4 is 0 Å². The van der Waals surface area contributed by atoms with Gasteiger partial charge in [0.1, 0.15) is 0 Å². The van der Waals surface area contributed by atoms with E-state index in [1.165, 1.54) is 42.1 Å². The maximum Gasteiger partial charge on any atom is 0.0707 e. The van der Waals surface area contributed by atoms with Gasteiger partial charge < -0.3 is 0 Å². The summed E-state index contributed by atoms with van der Waals surface area (Å²) < 4.78 is 31.8. The molecule has 1 aromatic carbocycles. The Kier molecular flexibility index (Phi) is 2.86. The van der Waals surface area contributed by atoms with E-state index >= 15 is 0 Å². The third-order valence-corrected chi connectivity index (χ3v) is 6.36. The highest BCUT2D eigenvalue weighted by Crippen LogP contribution is 2.56. The van der Waals surface area contributed by atoms with Crippen LogP contribution in [0.25, 0.3) is 22.4 Å². The predicted octanol–water partition coefficient (Wildman–Crippen LogP) is 6.42. The summed E-state index contributed by atoms with van der Waals surface area (Å²) in [6.07, 6.45) is 8.21. The Morgan fingerprint density at radius 2 is 1.89 bits per heavy atom. The van der Waals surface area contributed by atoms with Gasteiger partial charge in [-0.2, -0.15) is 0 Å². The van der Waals surface area contributed by atoms with E-state index in [4.69, 9.17) is 10.5 Å². The lowest BCUT2D eigenvalue weighted by atomic mass is 9.78. The molecule has 0 radical (unpaired) electrons. The van der Waals surface area contributed by atoms with Gasteiger partial charge in [-0.25, -0.2) is 0 Å². The van der Waals surface area contributed by atoms with Crippen molar-refractivity contribution in [3.63, 3.8) is 0 Å². The molecule has 2 heteroatoms. The molecule has 1 spiro atoms. The van der Waals surface area contributed by atoms with Crippen molar-refractivity contribution in [2.24, 2.45) is 0 Å². The van der Waals surface area contributed by atoms with E-state index in [0.717, 1.165) is 24.0 Å². The van der Waals surface area contributed by atoms with E-state index in [1.807, 2.05) is 12.3 Å². The van der Waals surface area contributed by atoms with Gasteiger partial charge >= 0.3 is 0 Å². The Balaban J connectivity index is 1.68. The molecule has 2 nitrogen and oxygen atoms in total. The molecule has 3 aromatic rings. The first-order chi connectivity index (χ1) is 14.6. The van der Waals surface area contributed by atoms with Crippen LogP contribution in [0.15, 0.2) is 48.8 Å². The summed E-state index contributed by atoms with van der Waals surface area (Å²) in [6, 6.07) is 12.0. The number of nitrogens with zero attached hydrogens (tertiary/aromatic N) is 2. The fourth-order valence-electron chi connectivity index (χ4n) is 5.03. The van der Waals surface area contributed by atoms with E-state index in [2.05, 4.69) is 30.1 Å². The standard InChI is InChI=1S/C25H26N2/c1-16(2)18-8-12-26-23(14-18)20-15-21-19-7-6-11-27-24(19)25(9-4-5-10-25)22(21)13-17(20)3/h6-8,11-16H,4-5,9-10H2,1-3H3/i1D3,16D. The van der Waals surface area contributed by atoms with Crippen LogP contribution in [0.2, 0.25) is 0 Å². The van der Waals surface area contributed by atoms with Crippen LogP contribution in [-0.4, -0.2) is 9.97 Å². The monoisotopic (exact) mass is 358 g/mol. The first-order valence-electron chi connectivity index (χ1n) is 11.7. The number of hydrogen-bond acceptors (Lipinski definition) is 2. The number of hydrogen-bond donors (Lipinski definition) is 0. The Morgan fingerprint density at radius 1 is 1.04 bits per heavy atom. The van der Waals surface area contributed by atoms with Crippen molar-refractivity contribution < 1.29 is 5.48 Å². The van der Waals surface area contributed by atoms with E-state index in [0.29, 0.717) is 11.3 Å². The number of aromatic nitrogens is 2. The molecule has 1 fully saturated rings. The third-order valence-electron chi connectivity index (χ3n) is 6.36. The highest BCUT2D eigenvalue weighted by molar-refractivity contribution is 5.84. The molecule has 1 atom stereocenters. The highest BCUT2D eigenvalue weighted by atomic mass is 14.7. The van der Waals surface area contributed by atoms with Crippen LogP contribution in [0.1, 0.15) is 73.2 Å². The van der Waals surface area contributed by atoms with Crippen LogP contribution in [0.5, 0.6) is 0 Å². The van der Waals surface area contributed by atoms with Gasteiger partial charge in [0.2, 0.25) is 0 Å². The highest BCUT2D eigenvalue weighted by Gasteiger charge is 2.46. The maximum atomic E-state index is 8.46. The van der Waals surface area contributed by atoms with Gasteiger partial charge in [-0.15, -0.1) is 0 Å². The van der Waals surface area contributed by atoms with Crippen LogP contribution in [0.3, 0.4) is 0 Å². The zero-order valence-electron chi connectivity index (χ0n) is 19.8. The van der Waals surface area contributed by atoms with Gasteiger partial charge in [-0.05, 0) is 72.2 Å². The molecule has 1 saturated carbocycles. The summed E-state index contributed by atoms with van der Waals surface area (Å²) in [5, 5.41) is 0. The number of pyridine rings is 2. The zero-order valence-corrected chi connectivity index (χ0v) is 15.8. The summed E-state index contributed by atoms with van der Waals surface area (Å²) in [7, 11) is 0. The van der Waals surface area contributed by atoms with E-state index in [-0.39, 0.29) is 5.41 Å². The van der Waals surface area contributed by atoms with E-state index < -0.39 is 12.7 Å². The molecule has 1 unspecified atom stereocenters. The minimum atomic E-state index is -2.42. The lowest BCUT2D eigenvalue weighted by Crippen LogP contribution is -2.21. The molecule has 2 heterocycles. The first kappa shape index (κ1) is 12.8. The van der Waals surface area contributed by atoms with E-state index in [9.17, 15) is 0 Å². The van der Waals surface area contributed by atoms with Gasteiger partial charge in [0.05, 0.1) is 11.4 Å². The molecule has 5 rings (SSSR count). The number of benzene rings is 1. The number of fused-ring (bicyclic) bond motifs is 5. The lowest BCUT2D eigenvalue weighted by molar-refractivity contribution is 0.533. The van der Waals surface area contributed by atoms with Crippen molar-refractivity contribution in [3.8, 4) is 22.4 Å². The molecule has 0 bridgehead atoms. The van der Waals surface area contributed by atoms with Crippen LogP contribution in [0, 0.1) is 6.92 Å². The van der Waals surface area contributed by atoms with Crippen LogP contribution in [-0.2, 0) is 5.41 Å². The molecule has 136 valence electrons. The number of aryl methyl sites for hydroxylation is 1. The second kappa shape index (κ2) is 6.02. The fraction of sp³-hybridized carbons (Fsp3) is 0.360. The molecule has 27 heavy (non-hydrogen) atoms. The molecular weight excluding hydrogens is 328 g/mol. The number of rotatable bonds is 2. The Bertz CT molecular complexity index is 1170. The zero-order chi connectivity index (χ0) is 22.0. The first-order valence-corrected chi connectivity index (χ1v) is 9.73. The van der Waals surface area contributed by atoms with E-state index in [1.54, 1.807) is 18.3 Å². The molecule has 2 aliphatic rings. The largest absolute Gasteiger partial charge is 0.260 e. The molecule has 0 N–H and O–H groups in total. The second-order valence-corrected chi connectivity index (χ2v) is 7.96. The minimum Gasteiger partial charge on any atom is -0.260 e. The van der Waals surface area contributed by atoms with Crippen molar-refractivity contribution in [1.29, 1.82) is 0 Å². The SMILES string of the molecule is [2H]C([2H])([2H])C([2H])(C)c1ccnc(-c2cc3c(cc2C)C2(CCCC2)c2ncccc2-3)c1. The normalized spacial score (nSPS) is 21.6. The molecule has 2 aliphatic carbocycles. The summed E-state index contributed by atoms with van der Waals surface area (Å²) in [5.74, 6) is -1.69. The average molecular weight is 359 g/mol. The molecule has 0 amide bonds. The third kappa shape index (κ3) is 2.39. The Hall–Kier alpha value is -2.48. The summed E-state index contributed by atoms with van der Waals surface area (Å²) >= 11 is 0. The minimum absolute atomic E-state index is 0.0193. The summed E-state index contributed by atoms with van der Waals surface area (Å²) in [5.41, 5.74) is 8.24. The van der Waals surface area contributed by atoms with Crippen molar-refractivity contribution in [2.75, 3.05) is 0 Å². The van der Waals surface area contributed by atoms with Crippen molar-refractivity contribution >= 4 is 0 Å². The van der Waals surface area contributed by atoms with Gasteiger partial charge in [-0.1, -0.05) is 38.8 Å². The Labute approximate surface area is 167 Å². The van der Waals surface area contributed by atoms with Crippen molar-refractivity contribution in [2.45, 2.75) is 57.7 Å². The molecular formula is C25H26N2. The predicted molar refractivity (Wildman–Crippen MR) is 111 cm³/mol.